The van der Waals surface area contributed by atoms with E-state index in [2.05, 4.69) is 10.3 Å². The van der Waals surface area contributed by atoms with Crippen molar-refractivity contribution >= 4 is 11.6 Å². The van der Waals surface area contributed by atoms with E-state index in [-0.39, 0.29) is 0 Å². The van der Waals surface area contributed by atoms with Crippen LogP contribution in [0.2, 0.25) is 0 Å². The largest absolute Gasteiger partial charge is 0.364 e. The molecule has 2 N–H and O–H groups in total. The summed E-state index contributed by atoms with van der Waals surface area (Å²) < 4.78 is 0. The van der Waals surface area contributed by atoms with Gasteiger partial charge in [0.2, 0.25) is 0 Å². The molecule has 0 aliphatic heterocycles. The molecule has 0 bridgehead atoms. The summed E-state index contributed by atoms with van der Waals surface area (Å²) >= 11 is 5.47. The third-order valence-electron chi connectivity index (χ3n) is 1.25. The molecule has 0 radical (unpaired) electrons. The number of hydrogen-bond acceptors (Lipinski definition) is 1. The van der Waals surface area contributed by atoms with Gasteiger partial charge < -0.3 is 10.3 Å². The van der Waals surface area contributed by atoms with Gasteiger partial charge in [0, 0.05) is 30.9 Å². The Morgan fingerprint density at radius 2 is 2.50 bits per heavy atom. The van der Waals surface area contributed by atoms with Crippen LogP contribution in [0.3, 0.4) is 0 Å². The first-order valence-electron chi connectivity index (χ1n) is 3.32. The smallest absolute Gasteiger partial charge is 0.0357 e. The Morgan fingerprint density at radius 1 is 1.60 bits per heavy atom. The molecule has 2 nitrogen and oxygen atoms in total. The molecule has 1 rings (SSSR count). The fraction of sp³-hybridized carbons (Fsp3) is 0.429. The average molecular weight is 159 g/mol. The molecule has 0 aliphatic rings. The zero-order valence-electron chi connectivity index (χ0n) is 5.73. The number of aromatic nitrogens is 1. The molecule has 0 aliphatic carbocycles. The number of aromatic amines is 1. The Morgan fingerprint density at radius 3 is 3.10 bits per heavy atom. The van der Waals surface area contributed by atoms with E-state index in [0.717, 1.165) is 13.1 Å². The first kappa shape index (κ1) is 7.63. The van der Waals surface area contributed by atoms with Gasteiger partial charge in [-0.3, -0.25) is 0 Å². The zero-order chi connectivity index (χ0) is 7.23. The van der Waals surface area contributed by atoms with Crippen LogP contribution in [-0.4, -0.2) is 17.4 Å². The van der Waals surface area contributed by atoms with Gasteiger partial charge in [-0.15, -0.1) is 11.6 Å². The van der Waals surface area contributed by atoms with E-state index >= 15 is 0 Å². The number of alkyl halides is 1. The Balaban J connectivity index is 2.15. The van der Waals surface area contributed by atoms with Crippen LogP contribution in [0.5, 0.6) is 0 Å². The van der Waals surface area contributed by atoms with Gasteiger partial charge in [-0.25, -0.2) is 0 Å². The first-order valence-corrected chi connectivity index (χ1v) is 3.86. The molecule has 3 heteroatoms. The fourth-order valence-electron chi connectivity index (χ4n) is 0.767. The summed E-state index contributed by atoms with van der Waals surface area (Å²) in [5.41, 5.74) is 1.20. The summed E-state index contributed by atoms with van der Waals surface area (Å²) in [5, 5.41) is 3.17. The monoisotopic (exact) mass is 158 g/mol. The van der Waals surface area contributed by atoms with E-state index in [9.17, 15) is 0 Å². The van der Waals surface area contributed by atoms with E-state index < -0.39 is 0 Å². The van der Waals surface area contributed by atoms with Crippen molar-refractivity contribution in [2.75, 3.05) is 12.4 Å². The van der Waals surface area contributed by atoms with Gasteiger partial charge in [0.1, 0.15) is 0 Å². The Labute approximate surface area is 65.6 Å². The maximum absolute atomic E-state index is 5.47. The predicted molar refractivity (Wildman–Crippen MR) is 43.2 cm³/mol. The zero-order valence-corrected chi connectivity index (χ0v) is 6.49. The van der Waals surface area contributed by atoms with Crippen LogP contribution < -0.4 is 5.32 Å². The van der Waals surface area contributed by atoms with E-state index in [1.54, 1.807) is 0 Å². The molecule has 0 unspecified atom stereocenters. The van der Waals surface area contributed by atoms with Crippen molar-refractivity contribution < 1.29 is 0 Å². The molecule has 0 atom stereocenters. The molecular weight excluding hydrogens is 148 g/mol. The van der Waals surface area contributed by atoms with E-state index in [1.165, 1.54) is 5.69 Å². The summed E-state index contributed by atoms with van der Waals surface area (Å²) in [6, 6.07) is 4.03. The van der Waals surface area contributed by atoms with Gasteiger partial charge >= 0.3 is 0 Å². The fourth-order valence-corrected chi connectivity index (χ4v) is 0.901. The van der Waals surface area contributed by atoms with E-state index in [0.29, 0.717) is 5.88 Å². The summed E-state index contributed by atoms with van der Waals surface area (Å²) in [7, 11) is 0. The number of hydrogen-bond donors (Lipinski definition) is 2. The van der Waals surface area contributed by atoms with Gasteiger partial charge in [-0.1, -0.05) is 0 Å². The molecule has 0 spiro atoms. The maximum Gasteiger partial charge on any atom is 0.0357 e. The average Bonchev–Trinajstić information content (AvgIpc) is 2.41. The number of H-pyrrole nitrogens is 1. The Kier molecular flexibility index (Phi) is 3.33. The molecule has 0 saturated heterocycles. The molecule has 0 saturated carbocycles. The Hall–Kier alpha value is -0.470. The molecule has 0 amide bonds. The minimum atomic E-state index is 0.667. The summed E-state index contributed by atoms with van der Waals surface area (Å²) in [5.74, 6) is 0.667. The molecule has 1 heterocycles. The second-order valence-corrected chi connectivity index (χ2v) is 2.44. The van der Waals surface area contributed by atoms with Crippen molar-refractivity contribution in [2.45, 2.75) is 6.54 Å². The molecular formula is C7H11ClN2. The van der Waals surface area contributed by atoms with Gasteiger partial charge in [0.25, 0.3) is 0 Å². The highest BCUT2D eigenvalue weighted by Gasteiger charge is 1.88. The van der Waals surface area contributed by atoms with Crippen LogP contribution in [0.4, 0.5) is 0 Å². The standard InChI is InChI=1S/C7H11ClN2/c8-3-5-9-6-7-2-1-4-10-7/h1-2,4,9-10H,3,5-6H2. The molecule has 0 aromatic carbocycles. The van der Waals surface area contributed by atoms with Crippen molar-refractivity contribution in [3.05, 3.63) is 24.0 Å². The molecule has 1 aromatic rings. The lowest BCUT2D eigenvalue weighted by Crippen LogP contribution is -2.15. The van der Waals surface area contributed by atoms with Gasteiger partial charge in [-0.2, -0.15) is 0 Å². The van der Waals surface area contributed by atoms with Crippen LogP contribution in [0.1, 0.15) is 5.69 Å². The van der Waals surface area contributed by atoms with Crippen molar-refractivity contribution in [3.63, 3.8) is 0 Å². The van der Waals surface area contributed by atoms with Crippen molar-refractivity contribution in [1.82, 2.24) is 10.3 Å². The maximum atomic E-state index is 5.47. The van der Waals surface area contributed by atoms with Crippen LogP contribution in [0, 0.1) is 0 Å². The third-order valence-corrected chi connectivity index (χ3v) is 1.44. The molecule has 56 valence electrons. The predicted octanol–water partition coefficient (Wildman–Crippen LogP) is 1.34. The number of rotatable bonds is 4. The van der Waals surface area contributed by atoms with Gasteiger partial charge in [0.05, 0.1) is 0 Å². The normalized spacial score (nSPS) is 10.1. The van der Waals surface area contributed by atoms with Crippen LogP contribution >= 0.6 is 11.6 Å². The lowest BCUT2D eigenvalue weighted by atomic mass is 10.4. The summed E-state index contributed by atoms with van der Waals surface area (Å²) in [6.45, 7) is 1.74. The van der Waals surface area contributed by atoms with Crippen molar-refractivity contribution in [3.8, 4) is 0 Å². The highest BCUT2D eigenvalue weighted by atomic mass is 35.5. The van der Waals surface area contributed by atoms with Gasteiger partial charge in [0.15, 0.2) is 0 Å². The topological polar surface area (TPSA) is 27.8 Å². The van der Waals surface area contributed by atoms with Crippen LogP contribution in [0.15, 0.2) is 18.3 Å². The quantitative estimate of drug-likeness (QED) is 0.503. The van der Waals surface area contributed by atoms with E-state index in [4.69, 9.17) is 11.6 Å². The van der Waals surface area contributed by atoms with Crippen molar-refractivity contribution in [2.24, 2.45) is 0 Å². The van der Waals surface area contributed by atoms with Gasteiger partial charge in [-0.05, 0) is 12.1 Å². The first-order chi connectivity index (χ1) is 4.93. The lowest BCUT2D eigenvalue weighted by Gasteiger charge is -1.97. The minimum absolute atomic E-state index is 0.667. The summed E-state index contributed by atoms with van der Waals surface area (Å²) in [6.07, 6.45) is 1.91. The second-order valence-electron chi connectivity index (χ2n) is 2.06. The van der Waals surface area contributed by atoms with E-state index in [1.807, 2.05) is 18.3 Å². The Bertz CT molecular complexity index is 160. The lowest BCUT2D eigenvalue weighted by molar-refractivity contribution is 0.717. The number of halogens is 1. The second kappa shape index (κ2) is 4.36. The highest BCUT2D eigenvalue weighted by molar-refractivity contribution is 6.18. The number of nitrogens with one attached hydrogen (secondary N) is 2. The SMILES string of the molecule is ClCCNCc1ccc[nH]1. The highest BCUT2D eigenvalue weighted by Crippen LogP contribution is 1.91. The van der Waals surface area contributed by atoms with Crippen molar-refractivity contribution in [1.29, 1.82) is 0 Å². The minimum Gasteiger partial charge on any atom is -0.364 e. The van der Waals surface area contributed by atoms with Crippen LogP contribution in [0.25, 0.3) is 0 Å². The third kappa shape index (κ3) is 2.42. The molecule has 0 fully saturated rings. The van der Waals surface area contributed by atoms with Crippen LogP contribution in [-0.2, 0) is 6.54 Å². The molecule has 1 aromatic heterocycles. The molecule has 10 heavy (non-hydrogen) atoms. The summed E-state index contributed by atoms with van der Waals surface area (Å²) in [4.78, 5) is 3.09.